The Labute approximate surface area is 181 Å². The topological polar surface area (TPSA) is 93.1 Å². The SMILES string of the molecule is CNS(=O)(=O)c1cc(C(=O)NC(C)c2cnn(-c3ccc(F)cc3)c2C)cc(C)c1C. The molecule has 0 aliphatic heterocycles. The number of carbonyl (C=O) groups is 1. The minimum atomic E-state index is -3.70. The highest BCUT2D eigenvalue weighted by Gasteiger charge is 2.21. The van der Waals surface area contributed by atoms with Crippen molar-refractivity contribution in [2.75, 3.05) is 7.05 Å². The van der Waals surface area contributed by atoms with Crippen molar-refractivity contribution in [3.05, 3.63) is 76.4 Å². The minimum Gasteiger partial charge on any atom is -0.345 e. The largest absolute Gasteiger partial charge is 0.345 e. The van der Waals surface area contributed by atoms with E-state index < -0.39 is 15.9 Å². The molecular formula is C22H25FN4O3S. The summed E-state index contributed by atoms with van der Waals surface area (Å²) in [6.07, 6.45) is 1.65. The molecule has 2 N–H and O–H groups in total. The summed E-state index contributed by atoms with van der Waals surface area (Å²) < 4.78 is 41.8. The van der Waals surface area contributed by atoms with Gasteiger partial charge in [-0.05, 0) is 82.3 Å². The first-order valence-corrected chi connectivity index (χ1v) is 11.2. The average molecular weight is 445 g/mol. The number of aryl methyl sites for hydroxylation is 1. The van der Waals surface area contributed by atoms with Gasteiger partial charge in [-0.1, -0.05) is 0 Å². The number of sulfonamides is 1. The van der Waals surface area contributed by atoms with Crippen LogP contribution < -0.4 is 10.0 Å². The molecule has 0 saturated heterocycles. The molecule has 3 aromatic rings. The Morgan fingerprint density at radius 3 is 2.39 bits per heavy atom. The van der Waals surface area contributed by atoms with Gasteiger partial charge in [0, 0.05) is 16.8 Å². The van der Waals surface area contributed by atoms with Gasteiger partial charge in [0.15, 0.2) is 0 Å². The molecule has 0 bridgehead atoms. The van der Waals surface area contributed by atoms with E-state index in [0.717, 1.165) is 11.3 Å². The molecular weight excluding hydrogens is 419 g/mol. The Morgan fingerprint density at radius 2 is 1.77 bits per heavy atom. The predicted octanol–water partition coefficient (Wildman–Crippen LogP) is 3.34. The molecule has 0 aliphatic rings. The van der Waals surface area contributed by atoms with Crippen molar-refractivity contribution in [2.45, 2.75) is 38.6 Å². The normalized spacial score (nSPS) is 12.6. The smallest absolute Gasteiger partial charge is 0.251 e. The van der Waals surface area contributed by atoms with Gasteiger partial charge in [0.1, 0.15) is 5.82 Å². The summed E-state index contributed by atoms with van der Waals surface area (Å²) in [6, 6.07) is 8.64. The molecule has 1 amide bonds. The van der Waals surface area contributed by atoms with Crippen LogP contribution in [0.15, 0.2) is 47.5 Å². The van der Waals surface area contributed by atoms with Gasteiger partial charge >= 0.3 is 0 Å². The van der Waals surface area contributed by atoms with Crippen LogP contribution in [0.5, 0.6) is 0 Å². The van der Waals surface area contributed by atoms with Gasteiger partial charge in [0.25, 0.3) is 5.91 Å². The number of amides is 1. The average Bonchev–Trinajstić information content (AvgIpc) is 3.11. The second-order valence-electron chi connectivity index (χ2n) is 7.39. The van der Waals surface area contributed by atoms with Gasteiger partial charge in [0.05, 0.1) is 22.8 Å². The molecule has 31 heavy (non-hydrogen) atoms. The number of carbonyl (C=O) groups excluding carboxylic acids is 1. The first-order chi connectivity index (χ1) is 14.5. The summed E-state index contributed by atoms with van der Waals surface area (Å²) in [7, 11) is -2.36. The van der Waals surface area contributed by atoms with E-state index in [9.17, 15) is 17.6 Å². The zero-order chi connectivity index (χ0) is 22.9. The molecule has 3 rings (SSSR count). The Balaban J connectivity index is 1.87. The third-order valence-electron chi connectivity index (χ3n) is 5.37. The van der Waals surface area contributed by atoms with Gasteiger partial charge in [-0.15, -0.1) is 0 Å². The van der Waals surface area contributed by atoms with Crippen molar-refractivity contribution in [3.8, 4) is 5.69 Å². The fraction of sp³-hybridized carbons (Fsp3) is 0.273. The summed E-state index contributed by atoms with van der Waals surface area (Å²) in [5.74, 6) is -0.723. The number of hydrogen-bond acceptors (Lipinski definition) is 4. The number of aromatic nitrogens is 2. The van der Waals surface area contributed by atoms with Crippen LogP contribution in [0.2, 0.25) is 0 Å². The lowest BCUT2D eigenvalue weighted by Gasteiger charge is -2.16. The number of nitrogens with zero attached hydrogens (tertiary/aromatic N) is 2. The fourth-order valence-electron chi connectivity index (χ4n) is 3.39. The molecule has 1 aromatic heterocycles. The molecule has 0 radical (unpaired) electrons. The van der Waals surface area contributed by atoms with Crippen molar-refractivity contribution in [1.29, 1.82) is 0 Å². The van der Waals surface area contributed by atoms with Crippen molar-refractivity contribution in [2.24, 2.45) is 0 Å². The van der Waals surface area contributed by atoms with Gasteiger partial charge in [-0.25, -0.2) is 22.2 Å². The number of hydrogen-bond donors (Lipinski definition) is 2. The van der Waals surface area contributed by atoms with Crippen LogP contribution in [0.3, 0.4) is 0 Å². The van der Waals surface area contributed by atoms with E-state index in [4.69, 9.17) is 0 Å². The highest BCUT2D eigenvalue weighted by Crippen LogP contribution is 2.23. The van der Waals surface area contributed by atoms with Crippen LogP contribution in [-0.4, -0.2) is 31.2 Å². The van der Waals surface area contributed by atoms with Gasteiger partial charge < -0.3 is 5.32 Å². The zero-order valence-corrected chi connectivity index (χ0v) is 18.8. The molecule has 0 saturated carbocycles. The van der Waals surface area contributed by atoms with Crippen LogP contribution >= 0.6 is 0 Å². The molecule has 0 fully saturated rings. The molecule has 9 heteroatoms. The maximum Gasteiger partial charge on any atom is 0.251 e. The number of rotatable bonds is 6. The maximum absolute atomic E-state index is 13.2. The third-order valence-corrected chi connectivity index (χ3v) is 6.91. The fourth-order valence-corrected chi connectivity index (χ4v) is 4.46. The molecule has 0 spiro atoms. The lowest BCUT2D eigenvalue weighted by Crippen LogP contribution is -2.28. The van der Waals surface area contributed by atoms with Crippen LogP contribution in [0.1, 0.15) is 45.7 Å². The second-order valence-corrected chi connectivity index (χ2v) is 9.25. The first-order valence-electron chi connectivity index (χ1n) is 9.71. The lowest BCUT2D eigenvalue weighted by molar-refractivity contribution is 0.0939. The summed E-state index contributed by atoms with van der Waals surface area (Å²) in [4.78, 5) is 13.0. The van der Waals surface area contributed by atoms with E-state index in [1.165, 1.54) is 25.2 Å². The molecule has 1 heterocycles. The Bertz CT molecular complexity index is 1230. The second kappa shape index (κ2) is 8.60. The quantitative estimate of drug-likeness (QED) is 0.610. The van der Waals surface area contributed by atoms with E-state index >= 15 is 0 Å². The Kier molecular flexibility index (Phi) is 6.28. The molecule has 2 aromatic carbocycles. The summed E-state index contributed by atoms with van der Waals surface area (Å²) in [5, 5.41) is 7.26. The van der Waals surface area contributed by atoms with E-state index in [1.54, 1.807) is 42.9 Å². The minimum absolute atomic E-state index is 0.0770. The van der Waals surface area contributed by atoms with E-state index in [2.05, 4.69) is 15.1 Å². The maximum atomic E-state index is 13.2. The molecule has 7 nitrogen and oxygen atoms in total. The van der Waals surface area contributed by atoms with Gasteiger partial charge in [0.2, 0.25) is 10.0 Å². The summed E-state index contributed by atoms with van der Waals surface area (Å²) in [5.41, 5.74) is 3.86. The van der Waals surface area contributed by atoms with E-state index in [-0.39, 0.29) is 22.3 Å². The van der Waals surface area contributed by atoms with Crippen LogP contribution in [0.25, 0.3) is 5.69 Å². The summed E-state index contributed by atoms with van der Waals surface area (Å²) in [6.45, 7) is 7.16. The van der Waals surface area contributed by atoms with Crippen molar-refractivity contribution < 1.29 is 17.6 Å². The van der Waals surface area contributed by atoms with E-state index in [1.807, 2.05) is 13.8 Å². The molecule has 164 valence electrons. The zero-order valence-electron chi connectivity index (χ0n) is 18.0. The first kappa shape index (κ1) is 22.6. The predicted molar refractivity (Wildman–Crippen MR) is 116 cm³/mol. The summed E-state index contributed by atoms with van der Waals surface area (Å²) >= 11 is 0. The van der Waals surface area contributed by atoms with Gasteiger partial charge in [-0.2, -0.15) is 5.10 Å². The monoisotopic (exact) mass is 444 g/mol. The van der Waals surface area contributed by atoms with E-state index in [0.29, 0.717) is 16.8 Å². The molecule has 0 aliphatic carbocycles. The van der Waals surface area contributed by atoms with Gasteiger partial charge in [-0.3, -0.25) is 4.79 Å². The molecule has 1 atom stereocenters. The van der Waals surface area contributed by atoms with Crippen molar-refractivity contribution in [3.63, 3.8) is 0 Å². The molecule has 1 unspecified atom stereocenters. The third kappa shape index (κ3) is 4.52. The van der Waals surface area contributed by atoms with Crippen molar-refractivity contribution >= 4 is 15.9 Å². The van der Waals surface area contributed by atoms with Crippen molar-refractivity contribution in [1.82, 2.24) is 19.8 Å². The number of nitrogens with one attached hydrogen (secondary N) is 2. The van der Waals surface area contributed by atoms with Crippen LogP contribution in [-0.2, 0) is 10.0 Å². The lowest BCUT2D eigenvalue weighted by atomic mass is 10.0. The van der Waals surface area contributed by atoms with Crippen LogP contribution in [0, 0.1) is 26.6 Å². The number of benzene rings is 2. The Morgan fingerprint density at radius 1 is 1.13 bits per heavy atom. The highest BCUT2D eigenvalue weighted by molar-refractivity contribution is 7.89. The Hall–Kier alpha value is -3.04. The van der Waals surface area contributed by atoms with Crippen LogP contribution in [0.4, 0.5) is 4.39 Å². The number of halogens is 1. The standard InChI is InChI=1S/C22H25FN4O3S/c1-13-10-17(11-21(14(13)2)31(29,30)24-5)22(28)26-15(3)20-12-25-27(16(20)4)19-8-6-18(23)7-9-19/h6-12,15,24H,1-5H3,(H,26,28). The highest BCUT2D eigenvalue weighted by atomic mass is 32.2.